The molecule has 1 saturated heterocycles. The fourth-order valence-corrected chi connectivity index (χ4v) is 3.32. The third kappa shape index (κ3) is 4.11. The highest BCUT2D eigenvalue weighted by Gasteiger charge is 2.24. The first-order chi connectivity index (χ1) is 11.6. The standard InChI is InChI=1S/C17H22N4O3.ClH/c1-18-9-12-5-4-8-20(10-12)15(22)11-21-16(23)13-6-2-3-7-14(13)19-17(21)24;/h2-3,6-7,12,18H,4-5,8-11H2,1H3,(H,19,24);1H. The van der Waals surface area contributed by atoms with E-state index in [-0.39, 0.29) is 24.9 Å². The van der Waals surface area contributed by atoms with E-state index in [9.17, 15) is 14.4 Å². The Morgan fingerprint density at radius 3 is 2.84 bits per heavy atom. The zero-order valence-electron chi connectivity index (χ0n) is 14.2. The van der Waals surface area contributed by atoms with Gasteiger partial charge in [0.1, 0.15) is 6.54 Å². The van der Waals surface area contributed by atoms with Crippen molar-refractivity contribution in [2.45, 2.75) is 19.4 Å². The molecule has 1 aliphatic heterocycles. The van der Waals surface area contributed by atoms with E-state index >= 15 is 0 Å². The SMILES string of the molecule is CNCC1CCCN(C(=O)Cn2c(=O)[nH]c3ccccc3c2=O)C1.Cl. The Morgan fingerprint density at radius 2 is 2.08 bits per heavy atom. The monoisotopic (exact) mass is 366 g/mol. The van der Waals surface area contributed by atoms with Crippen molar-refractivity contribution in [1.82, 2.24) is 19.8 Å². The predicted molar refractivity (Wildman–Crippen MR) is 99.3 cm³/mol. The summed E-state index contributed by atoms with van der Waals surface area (Å²) < 4.78 is 0.992. The van der Waals surface area contributed by atoms with Crippen LogP contribution in [0.1, 0.15) is 12.8 Å². The van der Waals surface area contributed by atoms with Crippen molar-refractivity contribution in [2.24, 2.45) is 5.92 Å². The van der Waals surface area contributed by atoms with E-state index in [0.29, 0.717) is 29.9 Å². The van der Waals surface area contributed by atoms with Gasteiger partial charge in [-0.3, -0.25) is 14.2 Å². The first kappa shape index (κ1) is 19.2. The van der Waals surface area contributed by atoms with Crippen molar-refractivity contribution in [1.29, 1.82) is 0 Å². The van der Waals surface area contributed by atoms with Crippen LogP contribution in [0.5, 0.6) is 0 Å². The van der Waals surface area contributed by atoms with Crippen LogP contribution in [0.3, 0.4) is 0 Å². The van der Waals surface area contributed by atoms with Gasteiger partial charge in [-0.2, -0.15) is 0 Å². The molecule has 0 aliphatic carbocycles. The largest absolute Gasteiger partial charge is 0.341 e. The minimum atomic E-state index is -0.546. The first-order valence-electron chi connectivity index (χ1n) is 8.24. The number of aromatic amines is 1. The number of nitrogens with zero attached hydrogens (tertiary/aromatic N) is 2. The maximum absolute atomic E-state index is 12.6. The van der Waals surface area contributed by atoms with Crippen LogP contribution in [0.4, 0.5) is 0 Å². The van der Waals surface area contributed by atoms with Gasteiger partial charge in [-0.25, -0.2) is 4.79 Å². The Kier molecular flexibility index (Phi) is 6.39. The number of H-pyrrole nitrogens is 1. The van der Waals surface area contributed by atoms with E-state index in [0.717, 1.165) is 24.0 Å². The molecule has 1 atom stereocenters. The molecule has 0 spiro atoms. The average molecular weight is 367 g/mol. The molecule has 2 aromatic rings. The summed E-state index contributed by atoms with van der Waals surface area (Å²) in [5.41, 5.74) is -0.481. The minimum absolute atomic E-state index is 0. The van der Waals surface area contributed by atoms with Crippen LogP contribution in [0, 0.1) is 5.92 Å². The van der Waals surface area contributed by atoms with Crippen LogP contribution < -0.4 is 16.6 Å². The number of hydrogen-bond donors (Lipinski definition) is 2. The van der Waals surface area contributed by atoms with Crippen molar-refractivity contribution in [3.05, 3.63) is 45.1 Å². The molecule has 1 amide bonds. The smallest absolute Gasteiger partial charge is 0.329 e. The molecule has 1 aliphatic rings. The molecule has 1 aromatic heterocycles. The lowest BCUT2D eigenvalue weighted by Crippen LogP contribution is -2.46. The lowest BCUT2D eigenvalue weighted by atomic mass is 9.98. The van der Waals surface area contributed by atoms with Crippen molar-refractivity contribution in [2.75, 3.05) is 26.7 Å². The molecule has 2 heterocycles. The van der Waals surface area contributed by atoms with E-state index in [1.165, 1.54) is 0 Å². The number of piperidine rings is 1. The predicted octanol–water partition coefficient (Wildman–Crippen LogP) is 0.570. The number of fused-ring (bicyclic) bond motifs is 1. The van der Waals surface area contributed by atoms with Gasteiger partial charge in [0.05, 0.1) is 10.9 Å². The van der Waals surface area contributed by atoms with E-state index in [1.54, 1.807) is 29.2 Å². The minimum Gasteiger partial charge on any atom is -0.341 e. The molecule has 7 nitrogen and oxygen atoms in total. The first-order valence-corrected chi connectivity index (χ1v) is 8.24. The van der Waals surface area contributed by atoms with E-state index in [2.05, 4.69) is 10.3 Å². The highest BCUT2D eigenvalue weighted by molar-refractivity contribution is 5.85. The Balaban J connectivity index is 0.00000225. The number of likely N-dealkylation sites (tertiary alicyclic amines) is 1. The maximum atomic E-state index is 12.6. The summed E-state index contributed by atoms with van der Waals surface area (Å²) >= 11 is 0. The summed E-state index contributed by atoms with van der Waals surface area (Å²) in [6, 6.07) is 6.82. The quantitative estimate of drug-likeness (QED) is 0.828. The van der Waals surface area contributed by atoms with Gasteiger partial charge >= 0.3 is 5.69 Å². The van der Waals surface area contributed by atoms with E-state index in [4.69, 9.17) is 0 Å². The van der Waals surface area contributed by atoms with Gasteiger partial charge in [0.15, 0.2) is 0 Å². The number of amides is 1. The van der Waals surface area contributed by atoms with E-state index < -0.39 is 11.2 Å². The number of rotatable bonds is 4. The lowest BCUT2D eigenvalue weighted by molar-refractivity contribution is -0.133. The van der Waals surface area contributed by atoms with Crippen LogP contribution in [0.15, 0.2) is 33.9 Å². The van der Waals surface area contributed by atoms with Gasteiger partial charge in [0.25, 0.3) is 5.56 Å². The topological polar surface area (TPSA) is 87.2 Å². The fraction of sp³-hybridized carbons (Fsp3) is 0.471. The third-order valence-electron chi connectivity index (χ3n) is 4.55. The Hall–Kier alpha value is -2.12. The number of benzene rings is 1. The Bertz CT molecular complexity index is 859. The van der Waals surface area contributed by atoms with Crippen LogP contribution in [0.2, 0.25) is 0 Å². The molecule has 1 fully saturated rings. The van der Waals surface area contributed by atoms with Crippen molar-refractivity contribution >= 4 is 29.2 Å². The van der Waals surface area contributed by atoms with Crippen molar-refractivity contribution in [3.63, 3.8) is 0 Å². The van der Waals surface area contributed by atoms with Crippen LogP contribution in [-0.2, 0) is 11.3 Å². The summed E-state index contributed by atoms with van der Waals surface area (Å²) in [7, 11) is 1.90. The summed E-state index contributed by atoms with van der Waals surface area (Å²) in [6.45, 7) is 1.99. The van der Waals surface area contributed by atoms with Gasteiger partial charge in [0.2, 0.25) is 5.91 Å². The maximum Gasteiger partial charge on any atom is 0.329 e. The molecule has 1 aromatic carbocycles. The second kappa shape index (κ2) is 8.31. The summed E-state index contributed by atoms with van der Waals surface area (Å²) in [5, 5.41) is 3.55. The van der Waals surface area contributed by atoms with Crippen LogP contribution >= 0.6 is 12.4 Å². The molecule has 2 N–H and O–H groups in total. The number of nitrogens with one attached hydrogen (secondary N) is 2. The van der Waals surface area contributed by atoms with Crippen LogP contribution in [-0.4, -0.2) is 47.0 Å². The molecule has 25 heavy (non-hydrogen) atoms. The summed E-state index contributed by atoms with van der Waals surface area (Å²) in [4.78, 5) is 41.6. The summed E-state index contributed by atoms with van der Waals surface area (Å²) in [5.74, 6) is 0.234. The second-order valence-electron chi connectivity index (χ2n) is 6.27. The zero-order chi connectivity index (χ0) is 17.1. The molecular formula is C17H23ClN4O3. The molecule has 3 rings (SSSR count). The van der Waals surface area contributed by atoms with Crippen molar-refractivity contribution < 1.29 is 4.79 Å². The van der Waals surface area contributed by atoms with Gasteiger partial charge in [-0.1, -0.05) is 12.1 Å². The number of carbonyl (C=O) groups excluding carboxylic acids is 1. The number of hydrogen-bond acceptors (Lipinski definition) is 4. The molecule has 0 saturated carbocycles. The van der Waals surface area contributed by atoms with Gasteiger partial charge in [-0.15, -0.1) is 12.4 Å². The molecule has 0 bridgehead atoms. The number of para-hydroxylation sites is 1. The van der Waals surface area contributed by atoms with Gasteiger partial charge in [0, 0.05) is 13.1 Å². The zero-order valence-corrected chi connectivity index (χ0v) is 15.0. The van der Waals surface area contributed by atoms with Crippen LogP contribution in [0.25, 0.3) is 10.9 Å². The lowest BCUT2D eigenvalue weighted by Gasteiger charge is -2.32. The average Bonchev–Trinajstić information content (AvgIpc) is 2.59. The molecule has 136 valence electrons. The molecule has 1 unspecified atom stereocenters. The van der Waals surface area contributed by atoms with Gasteiger partial charge < -0.3 is 15.2 Å². The molecule has 8 heteroatoms. The number of halogens is 1. The normalized spacial score (nSPS) is 17.3. The Morgan fingerprint density at radius 1 is 1.32 bits per heavy atom. The highest BCUT2D eigenvalue weighted by atomic mass is 35.5. The summed E-state index contributed by atoms with van der Waals surface area (Å²) in [6.07, 6.45) is 2.03. The fourth-order valence-electron chi connectivity index (χ4n) is 3.32. The van der Waals surface area contributed by atoms with Gasteiger partial charge in [-0.05, 0) is 44.5 Å². The second-order valence-corrected chi connectivity index (χ2v) is 6.27. The highest BCUT2D eigenvalue weighted by Crippen LogP contribution is 2.16. The number of carbonyl (C=O) groups is 1. The van der Waals surface area contributed by atoms with E-state index in [1.807, 2.05) is 7.05 Å². The molecular weight excluding hydrogens is 344 g/mol. The Labute approximate surface area is 151 Å². The van der Waals surface area contributed by atoms with Crippen molar-refractivity contribution in [3.8, 4) is 0 Å². The molecule has 0 radical (unpaired) electrons. The third-order valence-corrected chi connectivity index (χ3v) is 4.55. The number of aromatic nitrogens is 2.